The molecule has 16 nitrogen and oxygen atoms in total. The Morgan fingerprint density at radius 2 is 0.667 bits per heavy atom. The zero-order chi connectivity index (χ0) is 38.6. The van der Waals surface area contributed by atoms with Crippen LogP contribution in [0.3, 0.4) is 0 Å². The molecular weight excluding hydrogens is 771 g/mol. The maximum atomic E-state index is 14.6. The van der Waals surface area contributed by atoms with Crippen molar-refractivity contribution in [3.05, 3.63) is 11.8 Å². The molecular formula is C34H48O16Pd. The molecule has 0 heterocycles. The number of rotatable bonds is 17. The van der Waals surface area contributed by atoms with Crippen LogP contribution >= 0.6 is 0 Å². The van der Waals surface area contributed by atoms with Crippen LogP contribution in [0.25, 0.3) is 0 Å². The molecule has 0 bridgehead atoms. The Labute approximate surface area is 311 Å². The molecule has 51 heavy (non-hydrogen) atoms. The minimum Gasteiger partial charge on any atom is -0.473 e. The molecule has 2 aliphatic rings. The van der Waals surface area contributed by atoms with Gasteiger partial charge in [-0.1, -0.05) is 38.5 Å². The summed E-state index contributed by atoms with van der Waals surface area (Å²) in [5.41, 5.74) is -8.35. The number of ether oxygens (including phenoxy) is 8. The maximum Gasteiger partial charge on any atom is 2.00 e. The van der Waals surface area contributed by atoms with Crippen molar-refractivity contribution in [1.82, 2.24) is 0 Å². The van der Waals surface area contributed by atoms with Crippen molar-refractivity contribution in [2.24, 2.45) is 21.7 Å². The topological polar surface area (TPSA) is 210 Å². The Kier molecular flexibility index (Phi) is 15.2. The van der Waals surface area contributed by atoms with Crippen LogP contribution in [0.5, 0.6) is 0 Å². The van der Waals surface area contributed by atoms with Crippen molar-refractivity contribution in [2.75, 3.05) is 26.4 Å². The first-order valence-electron chi connectivity index (χ1n) is 16.4. The zero-order valence-corrected chi connectivity index (χ0v) is 32.5. The maximum absolute atomic E-state index is 14.6. The average Bonchev–Trinajstić information content (AvgIpc) is 3.77. The van der Waals surface area contributed by atoms with Crippen LogP contribution in [0.2, 0.25) is 0 Å². The van der Waals surface area contributed by atoms with Gasteiger partial charge in [0, 0.05) is 0 Å². The fourth-order valence-corrected chi connectivity index (χ4v) is 6.63. The van der Waals surface area contributed by atoms with Crippen molar-refractivity contribution in [3.8, 4) is 0 Å². The summed E-state index contributed by atoms with van der Waals surface area (Å²) in [6, 6.07) is 0. The van der Waals surface area contributed by atoms with E-state index in [1.807, 2.05) is 0 Å². The number of hydrogen-bond acceptors (Lipinski definition) is 16. The summed E-state index contributed by atoms with van der Waals surface area (Å²) >= 11 is 0. The average molecular weight is 819 g/mol. The van der Waals surface area contributed by atoms with Crippen LogP contribution in [0.15, 0.2) is 0 Å². The van der Waals surface area contributed by atoms with E-state index in [0.717, 1.165) is 0 Å². The summed E-state index contributed by atoms with van der Waals surface area (Å²) in [7, 11) is 0. The minimum absolute atomic E-state index is 0. The van der Waals surface area contributed by atoms with Crippen molar-refractivity contribution in [3.63, 3.8) is 0 Å². The van der Waals surface area contributed by atoms with E-state index < -0.39 is 106 Å². The summed E-state index contributed by atoms with van der Waals surface area (Å²) < 4.78 is 41.7. The summed E-state index contributed by atoms with van der Waals surface area (Å²) in [5, 5.41) is 0. The van der Waals surface area contributed by atoms with Gasteiger partial charge >= 0.3 is 44.3 Å². The monoisotopic (exact) mass is 818 g/mol. The Hall–Kier alpha value is -3.84. The van der Waals surface area contributed by atoms with Gasteiger partial charge in [-0.15, -0.1) is 10.8 Å². The molecule has 0 aromatic carbocycles. The van der Waals surface area contributed by atoms with Crippen LogP contribution in [0, 0.1) is 33.5 Å². The van der Waals surface area contributed by atoms with E-state index in [9.17, 15) is 38.4 Å². The van der Waals surface area contributed by atoms with Gasteiger partial charge in [-0.2, -0.15) is 0 Å². The molecule has 2 fully saturated rings. The van der Waals surface area contributed by atoms with E-state index >= 15 is 0 Å². The predicted molar refractivity (Wildman–Crippen MR) is 168 cm³/mol. The first kappa shape index (κ1) is 45.2. The molecule has 0 spiro atoms. The second-order valence-corrected chi connectivity index (χ2v) is 12.7. The summed E-state index contributed by atoms with van der Waals surface area (Å²) in [6.07, 6.45) is -6.09. The summed E-state index contributed by atoms with van der Waals surface area (Å²) in [6.45, 7) is 16.3. The van der Waals surface area contributed by atoms with Crippen LogP contribution < -0.4 is 0 Å². The van der Waals surface area contributed by atoms with Gasteiger partial charge in [0.25, 0.3) is 11.9 Å². The summed E-state index contributed by atoms with van der Waals surface area (Å²) in [4.78, 5) is 107. The summed E-state index contributed by atoms with van der Waals surface area (Å²) in [5.74, 6) is -9.66. The van der Waals surface area contributed by atoms with Crippen LogP contribution in [-0.4, -0.2) is 98.6 Å². The molecule has 0 radical (unpaired) electrons. The predicted octanol–water partition coefficient (Wildman–Crippen LogP) is 2.16. The SMILES string of the molecule is CCOC(=O)[C@@H](C)OC(=O)[C-]1C(C)(C)[C@]1(C(=O)O[C@H](C)C(=O)OCC)[C@]1(C(=O)O[C@H](C)C(=O)OCC)[C-](C(=O)O[C@H](C)C(=O)OCC)C1(C)C.[Pd+2]. The molecule has 0 N–H and O–H groups in total. The molecule has 0 aromatic rings. The van der Waals surface area contributed by atoms with Gasteiger partial charge in [0.2, 0.25) is 0 Å². The molecule has 17 heteroatoms. The van der Waals surface area contributed by atoms with Gasteiger partial charge in [-0.05, 0) is 55.4 Å². The molecule has 0 saturated heterocycles. The van der Waals surface area contributed by atoms with Gasteiger partial charge < -0.3 is 37.9 Å². The first-order valence-corrected chi connectivity index (χ1v) is 16.4. The Morgan fingerprint density at radius 1 is 0.451 bits per heavy atom. The fourth-order valence-electron chi connectivity index (χ4n) is 6.63. The molecule has 2 rings (SSSR count). The number of esters is 8. The van der Waals surface area contributed by atoms with E-state index in [0.29, 0.717) is 0 Å². The van der Waals surface area contributed by atoms with Crippen LogP contribution in [-0.2, 0) is 96.7 Å². The third-order valence-electron chi connectivity index (χ3n) is 8.94. The molecule has 0 amide bonds. The standard InChI is InChI=1S/C34H48O16.Pd/c1-13-43-23(35)17(5)47-27(39)21-31(9,10)33(21,29(41)49-19(7)25(37)45-15-3)34(30(42)50-20(8)26(38)46-16-4)22(32(34,11)12)28(40)48-18(6)24(36)44-14-2;/h17-20H,13-16H2,1-12H3;/q-2;+2/t17-,18-,19-,20-,33+,34+;/m1./s1. The number of hydrogen-bond donors (Lipinski definition) is 0. The second kappa shape index (κ2) is 17.1. The van der Waals surface area contributed by atoms with Crippen molar-refractivity contribution in [1.29, 1.82) is 0 Å². The van der Waals surface area contributed by atoms with E-state index in [1.165, 1.54) is 83.1 Å². The van der Waals surface area contributed by atoms with Crippen molar-refractivity contribution >= 4 is 47.8 Å². The Morgan fingerprint density at radius 3 is 0.882 bits per heavy atom. The number of carbonyl (C=O) groups excluding carboxylic acids is 8. The van der Waals surface area contributed by atoms with Gasteiger partial charge in [-0.3, -0.25) is 31.0 Å². The van der Waals surface area contributed by atoms with Gasteiger partial charge in [0.1, 0.15) is 0 Å². The second-order valence-electron chi connectivity index (χ2n) is 12.7. The third-order valence-corrected chi connectivity index (χ3v) is 8.94. The molecule has 0 aliphatic heterocycles. The fraction of sp³-hybridized carbons (Fsp3) is 0.706. The smallest absolute Gasteiger partial charge is 0.473 e. The quantitative estimate of drug-likeness (QED) is 0.0891. The minimum atomic E-state index is -2.47. The third kappa shape index (κ3) is 7.84. The largest absolute Gasteiger partial charge is 2.00 e. The van der Waals surface area contributed by atoms with Crippen LogP contribution in [0.4, 0.5) is 0 Å². The first-order chi connectivity index (χ1) is 23.1. The number of carbonyl (C=O) groups is 8. The Balaban J connectivity index is 0.0000130. The van der Waals surface area contributed by atoms with Crippen molar-refractivity contribution in [2.45, 2.75) is 108 Å². The van der Waals surface area contributed by atoms with E-state index in [2.05, 4.69) is 0 Å². The molecule has 0 aromatic heterocycles. The normalized spacial score (nSPS) is 23.0. The van der Waals surface area contributed by atoms with E-state index in [-0.39, 0.29) is 46.9 Å². The van der Waals surface area contributed by atoms with Gasteiger partial charge in [0.05, 0.1) is 26.4 Å². The van der Waals surface area contributed by atoms with Gasteiger partial charge in [0.15, 0.2) is 36.4 Å². The van der Waals surface area contributed by atoms with Crippen molar-refractivity contribution < 1.29 is 96.7 Å². The molecule has 6 atom stereocenters. The molecule has 2 aliphatic carbocycles. The zero-order valence-electron chi connectivity index (χ0n) is 31.0. The van der Waals surface area contributed by atoms with Crippen LogP contribution in [0.1, 0.15) is 83.1 Å². The Bertz CT molecular complexity index is 1270. The molecule has 0 unspecified atom stereocenters. The van der Waals surface area contributed by atoms with Gasteiger partial charge in [-0.25, -0.2) is 19.2 Å². The van der Waals surface area contributed by atoms with E-state index in [4.69, 9.17) is 37.9 Å². The molecule has 290 valence electrons. The molecule has 2 saturated carbocycles. The van der Waals surface area contributed by atoms with E-state index in [1.54, 1.807) is 0 Å².